The topological polar surface area (TPSA) is 45.8 Å². The van der Waals surface area contributed by atoms with Crippen molar-refractivity contribution < 1.29 is 4.79 Å². The highest BCUT2D eigenvalue weighted by Gasteiger charge is 2.25. The van der Waals surface area contributed by atoms with Crippen molar-refractivity contribution in [2.45, 2.75) is 25.2 Å². The van der Waals surface area contributed by atoms with E-state index in [1.165, 1.54) is 5.69 Å². The Morgan fingerprint density at radius 3 is 3.08 bits per heavy atom. The summed E-state index contributed by atoms with van der Waals surface area (Å²) < 4.78 is 0. The van der Waals surface area contributed by atoms with Gasteiger partial charge in [0.2, 0.25) is 0 Å². The Balaban J connectivity index is 2.04. The normalized spacial score (nSPS) is 29.0. The molecule has 0 saturated heterocycles. The SMILES string of the molecule is O=CC1CCC(c2ccn[nH]2)C1. The Morgan fingerprint density at radius 1 is 1.58 bits per heavy atom. The molecule has 2 rings (SSSR count). The average Bonchev–Trinajstić information content (AvgIpc) is 2.75. The molecule has 1 aromatic heterocycles. The quantitative estimate of drug-likeness (QED) is 0.673. The molecule has 12 heavy (non-hydrogen) atoms. The lowest BCUT2D eigenvalue weighted by atomic mass is 10.0. The van der Waals surface area contributed by atoms with E-state index < -0.39 is 0 Å². The molecule has 1 aromatic rings. The van der Waals surface area contributed by atoms with E-state index >= 15 is 0 Å². The number of aromatic amines is 1. The number of aromatic nitrogens is 2. The maximum absolute atomic E-state index is 10.5. The third kappa shape index (κ3) is 1.26. The molecule has 0 amide bonds. The molecule has 3 nitrogen and oxygen atoms in total. The zero-order chi connectivity index (χ0) is 8.39. The van der Waals surface area contributed by atoms with Crippen molar-refractivity contribution in [2.75, 3.05) is 0 Å². The van der Waals surface area contributed by atoms with Crippen molar-refractivity contribution in [3.05, 3.63) is 18.0 Å². The lowest BCUT2D eigenvalue weighted by Gasteiger charge is -2.04. The van der Waals surface area contributed by atoms with Crippen molar-refractivity contribution in [3.63, 3.8) is 0 Å². The highest BCUT2D eigenvalue weighted by Crippen LogP contribution is 2.35. The second kappa shape index (κ2) is 3.09. The van der Waals surface area contributed by atoms with Gasteiger partial charge in [-0.05, 0) is 25.3 Å². The van der Waals surface area contributed by atoms with E-state index in [9.17, 15) is 4.79 Å². The molecule has 2 unspecified atom stereocenters. The van der Waals surface area contributed by atoms with Gasteiger partial charge in [-0.1, -0.05) is 0 Å². The van der Waals surface area contributed by atoms with E-state index in [0.29, 0.717) is 5.92 Å². The molecule has 1 N–H and O–H groups in total. The maximum atomic E-state index is 10.5. The van der Waals surface area contributed by atoms with E-state index in [1.54, 1.807) is 6.20 Å². The van der Waals surface area contributed by atoms with Crippen LogP contribution in [0.2, 0.25) is 0 Å². The van der Waals surface area contributed by atoms with Gasteiger partial charge in [0.25, 0.3) is 0 Å². The predicted octanol–water partition coefficient (Wildman–Crippen LogP) is 1.49. The van der Waals surface area contributed by atoms with Crippen LogP contribution in [0.4, 0.5) is 0 Å². The second-order valence-electron chi connectivity index (χ2n) is 3.42. The Labute approximate surface area is 71.2 Å². The molecule has 1 saturated carbocycles. The van der Waals surface area contributed by atoms with Crippen LogP contribution in [0.5, 0.6) is 0 Å². The number of aldehydes is 1. The first-order chi connectivity index (χ1) is 5.90. The van der Waals surface area contributed by atoms with E-state index in [-0.39, 0.29) is 5.92 Å². The summed E-state index contributed by atoms with van der Waals surface area (Å²) in [5, 5.41) is 6.86. The summed E-state index contributed by atoms with van der Waals surface area (Å²) >= 11 is 0. The molecule has 1 heterocycles. The van der Waals surface area contributed by atoms with E-state index in [2.05, 4.69) is 10.2 Å². The van der Waals surface area contributed by atoms with Gasteiger partial charge < -0.3 is 4.79 Å². The number of H-pyrrole nitrogens is 1. The molecule has 0 aliphatic heterocycles. The molecule has 1 aliphatic carbocycles. The number of hydrogen-bond acceptors (Lipinski definition) is 2. The Bertz CT molecular complexity index is 256. The summed E-state index contributed by atoms with van der Waals surface area (Å²) in [6.45, 7) is 0. The fourth-order valence-electron chi connectivity index (χ4n) is 1.92. The minimum absolute atomic E-state index is 0.276. The average molecular weight is 164 g/mol. The first-order valence-corrected chi connectivity index (χ1v) is 4.34. The highest BCUT2D eigenvalue weighted by molar-refractivity contribution is 5.54. The zero-order valence-corrected chi connectivity index (χ0v) is 6.86. The number of carbonyl (C=O) groups is 1. The Morgan fingerprint density at radius 2 is 2.50 bits per heavy atom. The molecule has 3 heteroatoms. The Kier molecular flexibility index (Phi) is 1.94. The van der Waals surface area contributed by atoms with Crippen LogP contribution in [-0.2, 0) is 4.79 Å². The van der Waals surface area contributed by atoms with Crippen LogP contribution in [0.15, 0.2) is 12.3 Å². The zero-order valence-electron chi connectivity index (χ0n) is 6.86. The smallest absolute Gasteiger partial charge is 0.123 e. The van der Waals surface area contributed by atoms with Crippen LogP contribution in [0, 0.1) is 5.92 Å². The lowest BCUT2D eigenvalue weighted by Crippen LogP contribution is -1.96. The summed E-state index contributed by atoms with van der Waals surface area (Å²) in [5.41, 5.74) is 1.18. The van der Waals surface area contributed by atoms with Crippen LogP contribution >= 0.6 is 0 Å². The van der Waals surface area contributed by atoms with Crippen LogP contribution in [0.25, 0.3) is 0 Å². The monoisotopic (exact) mass is 164 g/mol. The predicted molar refractivity (Wildman–Crippen MR) is 44.7 cm³/mol. The van der Waals surface area contributed by atoms with Gasteiger partial charge in [0.05, 0.1) is 0 Å². The molecule has 1 aliphatic rings. The first kappa shape index (κ1) is 7.53. The summed E-state index contributed by atoms with van der Waals surface area (Å²) in [6.07, 6.45) is 5.99. The summed E-state index contributed by atoms with van der Waals surface area (Å²) in [7, 11) is 0. The second-order valence-corrected chi connectivity index (χ2v) is 3.42. The number of carbonyl (C=O) groups excluding carboxylic acids is 1. The third-order valence-electron chi connectivity index (χ3n) is 2.63. The molecular weight excluding hydrogens is 152 g/mol. The molecule has 0 aromatic carbocycles. The molecular formula is C9H12N2O. The van der Waals surface area contributed by atoms with Crippen molar-refractivity contribution in [2.24, 2.45) is 5.92 Å². The summed E-state index contributed by atoms with van der Waals surface area (Å²) in [4.78, 5) is 10.5. The van der Waals surface area contributed by atoms with Gasteiger partial charge >= 0.3 is 0 Å². The minimum atomic E-state index is 0.276. The van der Waals surface area contributed by atoms with Crippen LogP contribution in [0.3, 0.4) is 0 Å². The minimum Gasteiger partial charge on any atom is -0.303 e. The highest BCUT2D eigenvalue weighted by atomic mass is 16.1. The molecule has 0 spiro atoms. The van der Waals surface area contributed by atoms with Crippen LogP contribution < -0.4 is 0 Å². The summed E-state index contributed by atoms with van der Waals surface area (Å²) in [5.74, 6) is 0.806. The van der Waals surface area contributed by atoms with Gasteiger partial charge in [-0.2, -0.15) is 5.10 Å². The van der Waals surface area contributed by atoms with E-state index in [4.69, 9.17) is 0 Å². The van der Waals surface area contributed by atoms with Crippen molar-refractivity contribution >= 4 is 6.29 Å². The van der Waals surface area contributed by atoms with E-state index in [0.717, 1.165) is 25.5 Å². The number of nitrogens with zero attached hydrogens (tertiary/aromatic N) is 1. The summed E-state index contributed by atoms with van der Waals surface area (Å²) in [6, 6.07) is 2.00. The fourth-order valence-corrected chi connectivity index (χ4v) is 1.92. The van der Waals surface area contributed by atoms with Gasteiger partial charge in [0, 0.05) is 23.7 Å². The van der Waals surface area contributed by atoms with Gasteiger partial charge in [0.1, 0.15) is 6.29 Å². The molecule has 2 atom stereocenters. The number of nitrogens with one attached hydrogen (secondary N) is 1. The maximum Gasteiger partial charge on any atom is 0.123 e. The van der Waals surface area contributed by atoms with E-state index in [1.807, 2.05) is 6.07 Å². The standard InChI is InChI=1S/C9H12N2O/c12-6-7-1-2-8(5-7)9-3-4-10-11-9/h3-4,6-8H,1-2,5H2,(H,10,11). The fraction of sp³-hybridized carbons (Fsp3) is 0.556. The number of hydrogen-bond donors (Lipinski definition) is 1. The molecule has 0 bridgehead atoms. The molecule has 64 valence electrons. The lowest BCUT2D eigenvalue weighted by molar-refractivity contribution is -0.110. The van der Waals surface area contributed by atoms with Gasteiger partial charge in [-0.15, -0.1) is 0 Å². The van der Waals surface area contributed by atoms with Gasteiger partial charge in [0.15, 0.2) is 0 Å². The Hall–Kier alpha value is -1.12. The van der Waals surface area contributed by atoms with Gasteiger partial charge in [-0.3, -0.25) is 5.10 Å². The first-order valence-electron chi connectivity index (χ1n) is 4.34. The van der Waals surface area contributed by atoms with Crippen molar-refractivity contribution in [1.29, 1.82) is 0 Å². The molecule has 1 fully saturated rings. The van der Waals surface area contributed by atoms with Crippen LogP contribution in [0.1, 0.15) is 30.9 Å². The van der Waals surface area contributed by atoms with Crippen LogP contribution in [-0.4, -0.2) is 16.5 Å². The largest absolute Gasteiger partial charge is 0.303 e. The van der Waals surface area contributed by atoms with Crippen molar-refractivity contribution in [1.82, 2.24) is 10.2 Å². The third-order valence-corrected chi connectivity index (χ3v) is 2.63. The molecule has 0 radical (unpaired) electrons. The number of rotatable bonds is 2. The van der Waals surface area contributed by atoms with Crippen molar-refractivity contribution in [3.8, 4) is 0 Å². The van der Waals surface area contributed by atoms with Gasteiger partial charge in [-0.25, -0.2) is 0 Å².